The first-order chi connectivity index (χ1) is 6.49. The van der Waals surface area contributed by atoms with Gasteiger partial charge in [0.05, 0.1) is 0 Å². The smallest absolute Gasteiger partial charge is 0.277 e. The molecule has 0 aromatic carbocycles. The van der Waals surface area contributed by atoms with E-state index in [0.29, 0.717) is 19.2 Å². The Balaban J connectivity index is 4.29. The van der Waals surface area contributed by atoms with E-state index < -0.39 is 0 Å². The SMILES string of the molecule is C=CCOC(=CC(C)(Br)Br)OCC=C. The number of hydrogen-bond acceptors (Lipinski definition) is 2. The van der Waals surface area contributed by atoms with E-state index in [2.05, 4.69) is 45.0 Å². The van der Waals surface area contributed by atoms with Gasteiger partial charge in [0, 0.05) is 6.08 Å². The molecule has 0 radical (unpaired) electrons. The first-order valence-electron chi connectivity index (χ1n) is 4.07. The molecule has 0 aliphatic carbocycles. The molecule has 0 N–H and O–H groups in total. The molecule has 0 bridgehead atoms. The summed E-state index contributed by atoms with van der Waals surface area (Å²) in [7, 11) is 0. The zero-order chi connectivity index (χ0) is 11.0. The molecule has 0 aliphatic heterocycles. The third-order valence-corrected chi connectivity index (χ3v) is 1.52. The van der Waals surface area contributed by atoms with Gasteiger partial charge in [0.15, 0.2) is 0 Å². The van der Waals surface area contributed by atoms with Gasteiger partial charge in [-0.25, -0.2) is 0 Å². The normalized spacial score (nSPS) is 10.2. The zero-order valence-electron chi connectivity index (χ0n) is 8.13. The predicted octanol–water partition coefficient (Wildman–Crippen LogP) is 3.74. The Bertz CT molecular complexity index is 203. The Morgan fingerprint density at radius 1 is 1.21 bits per heavy atom. The van der Waals surface area contributed by atoms with Crippen molar-refractivity contribution in [3.8, 4) is 0 Å². The van der Waals surface area contributed by atoms with Crippen molar-refractivity contribution in [1.82, 2.24) is 0 Å². The van der Waals surface area contributed by atoms with Crippen molar-refractivity contribution in [2.24, 2.45) is 0 Å². The van der Waals surface area contributed by atoms with E-state index in [1.807, 2.05) is 6.92 Å². The van der Waals surface area contributed by atoms with Gasteiger partial charge >= 0.3 is 0 Å². The number of hydrogen-bond donors (Lipinski definition) is 0. The molecule has 80 valence electrons. The second-order valence-corrected chi connectivity index (χ2v) is 6.98. The molecule has 0 aromatic heterocycles. The summed E-state index contributed by atoms with van der Waals surface area (Å²) < 4.78 is 10.2. The number of alkyl halides is 2. The summed E-state index contributed by atoms with van der Waals surface area (Å²) in [5.41, 5.74) is 0. The molecule has 0 unspecified atom stereocenters. The molecular formula is C10H14Br2O2. The van der Waals surface area contributed by atoms with Crippen LogP contribution >= 0.6 is 31.9 Å². The molecule has 0 amide bonds. The maximum absolute atomic E-state index is 5.28. The van der Waals surface area contributed by atoms with Crippen LogP contribution in [-0.4, -0.2) is 16.4 Å². The molecule has 0 fully saturated rings. The lowest BCUT2D eigenvalue weighted by Crippen LogP contribution is -2.06. The summed E-state index contributed by atoms with van der Waals surface area (Å²) in [6, 6.07) is 0. The molecule has 0 aromatic rings. The van der Waals surface area contributed by atoms with Crippen molar-refractivity contribution in [2.75, 3.05) is 13.2 Å². The largest absolute Gasteiger partial charge is 0.461 e. The number of halogens is 2. The third-order valence-electron chi connectivity index (χ3n) is 1.06. The average molecular weight is 326 g/mol. The summed E-state index contributed by atoms with van der Waals surface area (Å²) >= 11 is 6.78. The lowest BCUT2D eigenvalue weighted by atomic mass is 10.4. The molecule has 0 atom stereocenters. The lowest BCUT2D eigenvalue weighted by molar-refractivity contribution is 0.0593. The quantitative estimate of drug-likeness (QED) is 0.403. The van der Waals surface area contributed by atoms with Crippen molar-refractivity contribution < 1.29 is 9.47 Å². The highest BCUT2D eigenvalue weighted by atomic mass is 79.9. The van der Waals surface area contributed by atoms with Crippen LogP contribution in [0.25, 0.3) is 0 Å². The van der Waals surface area contributed by atoms with Gasteiger partial charge in [-0.1, -0.05) is 57.2 Å². The number of rotatable bonds is 7. The van der Waals surface area contributed by atoms with Crippen LogP contribution in [0.2, 0.25) is 0 Å². The van der Waals surface area contributed by atoms with Crippen molar-refractivity contribution in [2.45, 2.75) is 10.2 Å². The Morgan fingerprint density at radius 2 is 1.64 bits per heavy atom. The summed E-state index contributed by atoms with van der Waals surface area (Å²) in [6.45, 7) is 9.87. The van der Waals surface area contributed by atoms with Crippen LogP contribution in [0.4, 0.5) is 0 Å². The van der Waals surface area contributed by atoms with E-state index in [9.17, 15) is 0 Å². The van der Waals surface area contributed by atoms with Crippen molar-refractivity contribution in [3.63, 3.8) is 0 Å². The highest BCUT2D eigenvalue weighted by Gasteiger charge is 2.14. The summed E-state index contributed by atoms with van der Waals surface area (Å²) in [5.74, 6) is 0.445. The minimum absolute atomic E-state index is 0.336. The van der Waals surface area contributed by atoms with Crippen LogP contribution in [0.3, 0.4) is 0 Å². The Kier molecular flexibility index (Phi) is 7.01. The van der Waals surface area contributed by atoms with Gasteiger partial charge in [0.2, 0.25) is 0 Å². The fourth-order valence-electron chi connectivity index (χ4n) is 0.614. The Morgan fingerprint density at radius 3 is 1.93 bits per heavy atom. The molecule has 0 saturated heterocycles. The number of ether oxygens (including phenoxy) is 2. The van der Waals surface area contributed by atoms with Crippen molar-refractivity contribution in [1.29, 1.82) is 0 Å². The van der Waals surface area contributed by atoms with E-state index in [-0.39, 0.29) is 3.23 Å². The van der Waals surface area contributed by atoms with Gasteiger partial charge in [-0.3, -0.25) is 0 Å². The van der Waals surface area contributed by atoms with E-state index >= 15 is 0 Å². The van der Waals surface area contributed by atoms with E-state index in [0.717, 1.165) is 0 Å². The van der Waals surface area contributed by atoms with Crippen LogP contribution in [0, 0.1) is 0 Å². The van der Waals surface area contributed by atoms with Crippen LogP contribution < -0.4 is 0 Å². The molecule has 0 spiro atoms. The first kappa shape index (κ1) is 13.8. The molecule has 2 nitrogen and oxygen atoms in total. The fourth-order valence-corrected chi connectivity index (χ4v) is 0.988. The van der Waals surface area contributed by atoms with Gasteiger partial charge in [0.25, 0.3) is 5.95 Å². The number of allylic oxidation sites excluding steroid dienone is 1. The second-order valence-electron chi connectivity index (χ2n) is 2.62. The summed E-state index contributed by atoms with van der Waals surface area (Å²) in [6.07, 6.45) is 5.09. The maximum Gasteiger partial charge on any atom is 0.277 e. The molecule has 4 heteroatoms. The Labute approximate surface area is 102 Å². The topological polar surface area (TPSA) is 18.5 Å². The maximum atomic E-state index is 5.28. The minimum atomic E-state index is -0.336. The third kappa shape index (κ3) is 8.38. The van der Waals surface area contributed by atoms with E-state index in [1.54, 1.807) is 18.2 Å². The van der Waals surface area contributed by atoms with Crippen LogP contribution in [0.1, 0.15) is 6.92 Å². The molecule has 14 heavy (non-hydrogen) atoms. The van der Waals surface area contributed by atoms with E-state index in [1.165, 1.54) is 0 Å². The zero-order valence-corrected chi connectivity index (χ0v) is 11.3. The second kappa shape index (κ2) is 7.12. The van der Waals surface area contributed by atoms with E-state index in [4.69, 9.17) is 9.47 Å². The van der Waals surface area contributed by atoms with Gasteiger partial charge in [-0.2, -0.15) is 0 Å². The van der Waals surface area contributed by atoms with Gasteiger partial charge in [-0.05, 0) is 6.92 Å². The van der Waals surface area contributed by atoms with Crippen molar-refractivity contribution >= 4 is 31.9 Å². The molecular weight excluding hydrogens is 312 g/mol. The molecule has 0 heterocycles. The Hall–Kier alpha value is -0.220. The summed E-state index contributed by atoms with van der Waals surface area (Å²) in [4.78, 5) is 0. The van der Waals surface area contributed by atoms with Gasteiger partial charge in [-0.15, -0.1) is 0 Å². The van der Waals surface area contributed by atoms with Gasteiger partial charge < -0.3 is 9.47 Å². The summed E-state index contributed by atoms with van der Waals surface area (Å²) in [5, 5.41) is 0. The minimum Gasteiger partial charge on any atom is -0.461 e. The van der Waals surface area contributed by atoms with Gasteiger partial charge in [0.1, 0.15) is 16.4 Å². The first-order valence-corrected chi connectivity index (χ1v) is 5.66. The lowest BCUT2D eigenvalue weighted by Gasteiger charge is -2.13. The predicted molar refractivity (Wildman–Crippen MR) is 66.6 cm³/mol. The highest BCUT2D eigenvalue weighted by Crippen LogP contribution is 2.28. The fraction of sp³-hybridized carbons (Fsp3) is 0.400. The molecule has 0 saturated carbocycles. The molecule has 0 aliphatic rings. The van der Waals surface area contributed by atoms with Crippen LogP contribution in [-0.2, 0) is 9.47 Å². The van der Waals surface area contributed by atoms with Crippen molar-refractivity contribution in [3.05, 3.63) is 37.3 Å². The standard InChI is InChI=1S/C10H14Br2O2/c1-4-6-13-9(14-7-5-2)8-10(3,11)12/h4-5,8H,1-2,6-7H2,3H3. The van der Waals surface area contributed by atoms with Crippen LogP contribution in [0.15, 0.2) is 37.3 Å². The average Bonchev–Trinajstić information content (AvgIpc) is 2.07. The highest BCUT2D eigenvalue weighted by molar-refractivity contribution is 9.25. The van der Waals surface area contributed by atoms with Crippen LogP contribution in [0.5, 0.6) is 0 Å². The monoisotopic (exact) mass is 324 g/mol. The molecule has 0 rings (SSSR count).